The molecule has 6 heteroatoms. The smallest absolute Gasteiger partial charge is 0.265 e. The zero-order valence-corrected chi connectivity index (χ0v) is 12.6. The van der Waals surface area contributed by atoms with Gasteiger partial charge >= 0.3 is 0 Å². The van der Waals surface area contributed by atoms with Gasteiger partial charge in [0.15, 0.2) is 0 Å². The molecule has 0 spiro atoms. The molecule has 6 nitrogen and oxygen atoms in total. The molecule has 0 saturated heterocycles. The standard InChI is InChI=1S/C18H14N4O2/c19-22-18(24)11-5-7-13-14(9-11)21-17(20-13)16-12-4-2-1-3-10(12)6-8-15(16)23/h1-9,23H,19H2,(H,20,21)(H,22,24). The molecule has 1 amide bonds. The van der Waals surface area contributed by atoms with Gasteiger partial charge in [0.1, 0.15) is 11.6 Å². The number of nitrogens with one attached hydrogen (secondary N) is 2. The van der Waals surface area contributed by atoms with Crippen LogP contribution in [-0.4, -0.2) is 21.0 Å². The van der Waals surface area contributed by atoms with Gasteiger partial charge in [-0.15, -0.1) is 0 Å². The Labute approximate surface area is 136 Å². The second kappa shape index (κ2) is 5.36. The van der Waals surface area contributed by atoms with Crippen LogP contribution in [0.25, 0.3) is 33.2 Å². The van der Waals surface area contributed by atoms with Crippen LogP contribution in [0.4, 0.5) is 0 Å². The van der Waals surface area contributed by atoms with Gasteiger partial charge in [0.25, 0.3) is 5.91 Å². The van der Waals surface area contributed by atoms with Gasteiger partial charge in [0.05, 0.1) is 16.6 Å². The number of hydrogen-bond acceptors (Lipinski definition) is 4. The molecule has 0 bridgehead atoms. The maximum atomic E-state index is 11.7. The number of hydrogen-bond donors (Lipinski definition) is 4. The van der Waals surface area contributed by atoms with E-state index >= 15 is 0 Å². The molecule has 1 heterocycles. The summed E-state index contributed by atoms with van der Waals surface area (Å²) in [4.78, 5) is 19.4. The lowest BCUT2D eigenvalue weighted by atomic mass is 10.0. The van der Waals surface area contributed by atoms with Gasteiger partial charge in [-0.3, -0.25) is 10.2 Å². The highest BCUT2D eigenvalue weighted by Gasteiger charge is 2.14. The first-order chi connectivity index (χ1) is 11.7. The van der Waals surface area contributed by atoms with Crippen molar-refractivity contribution in [2.45, 2.75) is 0 Å². The van der Waals surface area contributed by atoms with Crippen LogP contribution in [0.1, 0.15) is 10.4 Å². The van der Waals surface area contributed by atoms with E-state index < -0.39 is 0 Å². The fraction of sp³-hybridized carbons (Fsp3) is 0. The average molecular weight is 318 g/mol. The largest absolute Gasteiger partial charge is 0.507 e. The van der Waals surface area contributed by atoms with E-state index in [1.54, 1.807) is 24.3 Å². The number of aromatic nitrogens is 2. The summed E-state index contributed by atoms with van der Waals surface area (Å²) in [5, 5.41) is 12.2. The predicted molar refractivity (Wildman–Crippen MR) is 92.4 cm³/mol. The molecular formula is C18H14N4O2. The topological polar surface area (TPSA) is 104 Å². The number of nitrogens with two attached hydrogens (primary N) is 1. The lowest BCUT2D eigenvalue weighted by Gasteiger charge is -2.06. The van der Waals surface area contributed by atoms with Crippen LogP contribution in [0.15, 0.2) is 54.6 Å². The summed E-state index contributed by atoms with van der Waals surface area (Å²) >= 11 is 0. The molecule has 0 aliphatic heterocycles. The molecular weight excluding hydrogens is 304 g/mol. The normalized spacial score (nSPS) is 11.0. The molecule has 1 aromatic heterocycles. The Kier molecular flexibility index (Phi) is 3.18. The number of nitrogen functional groups attached to an aromatic ring is 1. The highest BCUT2D eigenvalue weighted by Crippen LogP contribution is 2.35. The average Bonchev–Trinajstić information content (AvgIpc) is 3.03. The number of aromatic hydroxyl groups is 1. The molecule has 5 N–H and O–H groups in total. The summed E-state index contributed by atoms with van der Waals surface area (Å²) in [7, 11) is 0. The van der Waals surface area contributed by atoms with Crippen molar-refractivity contribution in [2.24, 2.45) is 5.84 Å². The summed E-state index contributed by atoms with van der Waals surface area (Å²) in [5.41, 5.74) is 4.56. The van der Waals surface area contributed by atoms with E-state index in [2.05, 4.69) is 15.4 Å². The summed E-state index contributed by atoms with van der Waals surface area (Å²) in [5.74, 6) is 5.49. The van der Waals surface area contributed by atoms with Crippen LogP contribution in [0.2, 0.25) is 0 Å². The number of hydrazine groups is 1. The monoisotopic (exact) mass is 318 g/mol. The molecule has 0 saturated carbocycles. The van der Waals surface area contributed by atoms with Crippen molar-refractivity contribution >= 4 is 27.7 Å². The first-order valence-electron chi connectivity index (χ1n) is 7.39. The molecule has 24 heavy (non-hydrogen) atoms. The van der Waals surface area contributed by atoms with Crippen molar-refractivity contribution in [3.05, 3.63) is 60.2 Å². The van der Waals surface area contributed by atoms with Crippen LogP contribution in [0, 0.1) is 0 Å². The minimum Gasteiger partial charge on any atom is -0.507 e. The summed E-state index contributed by atoms with van der Waals surface area (Å²) in [6, 6.07) is 16.3. The highest BCUT2D eigenvalue weighted by molar-refractivity contribution is 6.00. The van der Waals surface area contributed by atoms with Crippen molar-refractivity contribution in [1.29, 1.82) is 0 Å². The number of imidazole rings is 1. The van der Waals surface area contributed by atoms with E-state index in [0.717, 1.165) is 10.8 Å². The first kappa shape index (κ1) is 14.2. The number of fused-ring (bicyclic) bond motifs is 2. The maximum absolute atomic E-state index is 11.7. The number of phenols is 1. The van der Waals surface area contributed by atoms with Crippen LogP contribution in [0.5, 0.6) is 5.75 Å². The van der Waals surface area contributed by atoms with E-state index in [4.69, 9.17) is 5.84 Å². The van der Waals surface area contributed by atoms with Crippen molar-refractivity contribution in [3.63, 3.8) is 0 Å². The van der Waals surface area contributed by atoms with Gasteiger partial charge in [-0.1, -0.05) is 30.3 Å². The first-order valence-corrected chi connectivity index (χ1v) is 7.39. The van der Waals surface area contributed by atoms with E-state index in [9.17, 15) is 9.90 Å². The fourth-order valence-corrected chi connectivity index (χ4v) is 2.86. The third-order valence-corrected chi connectivity index (χ3v) is 4.02. The molecule has 0 aliphatic carbocycles. The third kappa shape index (κ3) is 2.17. The molecule has 4 rings (SSSR count). The molecule has 118 valence electrons. The van der Waals surface area contributed by atoms with Gasteiger partial charge in [-0.05, 0) is 35.0 Å². The lowest BCUT2D eigenvalue weighted by Crippen LogP contribution is -2.29. The number of aromatic amines is 1. The zero-order valence-electron chi connectivity index (χ0n) is 12.6. The predicted octanol–water partition coefficient (Wildman–Crippen LogP) is 2.69. The molecule has 0 atom stereocenters. The SMILES string of the molecule is NNC(=O)c1ccc2nc(-c3c(O)ccc4ccccc34)[nH]c2c1. The number of phenolic OH excluding ortho intramolecular Hbond substituents is 1. The molecule has 4 aromatic rings. The van der Waals surface area contributed by atoms with Crippen molar-refractivity contribution in [1.82, 2.24) is 15.4 Å². The molecule has 0 unspecified atom stereocenters. The van der Waals surface area contributed by atoms with Gasteiger partial charge < -0.3 is 10.1 Å². The van der Waals surface area contributed by atoms with E-state index in [-0.39, 0.29) is 11.7 Å². The quantitative estimate of drug-likeness (QED) is 0.259. The van der Waals surface area contributed by atoms with Crippen LogP contribution < -0.4 is 11.3 Å². The summed E-state index contributed by atoms with van der Waals surface area (Å²) in [6.45, 7) is 0. The Morgan fingerprint density at radius 3 is 2.79 bits per heavy atom. The molecule has 0 fully saturated rings. The number of nitrogens with zero attached hydrogens (tertiary/aromatic N) is 1. The Morgan fingerprint density at radius 1 is 1.12 bits per heavy atom. The Hall–Kier alpha value is -3.38. The number of carbonyl (C=O) groups is 1. The number of rotatable bonds is 2. The van der Waals surface area contributed by atoms with Gasteiger partial charge in [0.2, 0.25) is 0 Å². The minimum atomic E-state index is -0.374. The number of H-pyrrole nitrogens is 1. The minimum absolute atomic E-state index is 0.146. The number of amides is 1. The van der Waals surface area contributed by atoms with Crippen molar-refractivity contribution in [2.75, 3.05) is 0 Å². The van der Waals surface area contributed by atoms with E-state index in [1.807, 2.05) is 30.3 Å². The number of benzene rings is 3. The van der Waals surface area contributed by atoms with Crippen LogP contribution in [-0.2, 0) is 0 Å². The molecule has 3 aromatic carbocycles. The second-order valence-corrected chi connectivity index (χ2v) is 5.47. The second-order valence-electron chi connectivity index (χ2n) is 5.47. The van der Waals surface area contributed by atoms with Gasteiger partial charge in [0, 0.05) is 5.56 Å². The fourth-order valence-electron chi connectivity index (χ4n) is 2.86. The third-order valence-electron chi connectivity index (χ3n) is 4.02. The van der Waals surface area contributed by atoms with Crippen molar-refractivity contribution < 1.29 is 9.90 Å². The Balaban J connectivity index is 1.94. The Bertz CT molecular complexity index is 1080. The van der Waals surface area contributed by atoms with Crippen LogP contribution in [0.3, 0.4) is 0 Å². The van der Waals surface area contributed by atoms with Gasteiger partial charge in [-0.25, -0.2) is 10.8 Å². The van der Waals surface area contributed by atoms with Gasteiger partial charge in [-0.2, -0.15) is 0 Å². The van der Waals surface area contributed by atoms with E-state index in [1.165, 1.54) is 0 Å². The maximum Gasteiger partial charge on any atom is 0.265 e. The van der Waals surface area contributed by atoms with Crippen LogP contribution >= 0.6 is 0 Å². The molecule has 0 aliphatic rings. The summed E-state index contributed by atoms with van der Waals surface area (Å²) in [6.07, 6.45) is 0. The Morgan fingerprint density at radius 2 is 1.96 bits per heavy atom. The zero-order chi connectivity index (χ0) is 16.7. The summed E-state index contributed by atoms with van der Waals surface area (Å²) < 4.78 is 0. The number of carbonyl (C=O) groups excluding carboxylic acids is 1. The highest BCUT2D eigenvalue weighted by atomic mass is 16.3. The van der Waals surface area contributed by atoms with Crippen molar-refractivity contribution in [3.8, 4) is 17.1 Å². The van der Waals surface area contributed by atoms with E-state index in [0.29, 0.717) is 28.0 Å². The molecule has 0 radical (unpaired) electrons. The lowest BCUT2D eigenvalue weighted by molar-refractivity contribution is 0.0954.